The second-order valence-corrected chi connectivity index (χ2v) is 20.0. The minimum absolute atomic E-state index is 0. The van der Waals surface area contributed by atoms with Crippen molar-refractivity contribution in [2.75, 3.05) is 19.8 Å². The maximum Gasteiger partial charge on any atom is 3.00 e. The molecule has 82 heavy (non-hydrogen) atoms. The molecular formula is C66H45F3IrN3O9. The Bertz CT molecular complexity index is 4000. The molecule has 3 aliphatic rings. The molecule has 0 amide bonds. The molecule has 9 heterocycles. The van der Waals surface area contributed by atoms with Gasteiger partial charge in [0, 0.05) is 16.2 Å². The molecule has 6 aromatic heterocycles. The van der Waals surface area contributed by atoms with E-state index in [0.29, 0.717) is 106 Å². The number of nitrogens with zero attached hydrogens (tertiary/aromatic N) is 3. The van der Waals surface area contributed by atoms with Gasteiger partial charge < -0.3 is 27.5 Å². The molecule has 15 rings (SSSR count). The Balaban J connectivity index is 0.000000121. The Morgan fingerprint density at radius 1 is 0.390 bits per heavy atom. The number of halogens is 3. The van der Waals surface area contributed by atoms with Crippen LogP contribution >= 0.6 is 0 Å². The van der Waals surface area contributed by atoms with Crippen molar-refractivity contribution < 1.29 is 75.1 Å². The quantitative estimate of drug-likeness (QED) is 0.0673. The molecule has 3 aliphatic heterocycles. The van der Waals surface area contributed by atoms with Gasteiger partial charge in [-0.3, -0.25) is 29.3 Å². The van der Waals surface area contributed by atoms with E-state index in [2.05, 4.69) is 33.2 Å². The van der Waals surface area contributed by atoms with Crippen LogP contribution in [0.5, 0.6) is 0 Å². The van der Waals surface area contributed by atoms with Crippen molar-refractivity contribution >= 4 is 83.7 Å². The summed E-state index contributed by atoms with van der Waals surface area (Å²) in [5, 5.41) is 5.71. The molecule has 0 spiro atoms. The topological polar surface area (TPSA) is 157 Å². The monoisotopic (exact) mass is 1270 g/mol. The third kappa shape index (κ3) is 10.4. The van der Waals surface area contributed by atoms with Gasteiger partial charge >= 0.3 is 38.0 Å². The van der Waals surface area contributed by atoms with E-state index in [1.165, 1.54) is 18.2 Å². The first kappa shape index (κ1) is 53.7. The van der Waals surface area contributed by atoms with Crippen molar-refractivity contribution in [3.8, 4) is 33.8 Å². The second kappa shape index (κ2) is 22.9. The smallest absolute Gasteiger partial charge is 0.501 e. The number of aromatic nitrogens is 3. The first-order chi connectivity index (χ1) is 39.6. The van der Waals surface area contributed by atoms with E-state index < -0.39 is 35.6 Å². The van der Waals surface area contributed by atoms with Gasteiger partial charge in [-0.2, -0.15) is 13.2 Å². The minimum atomic E-state index is -0.637. The van der Waals surface area contributed by atoms with Gasteiger partial charge in [-0.15, -0.1) is 54.6 Å². The average Bonchev–Trinajstić information content (AvgIpc) is 4.39. The van der Waals surface area contributed by atoms with E-state index in [0.717, 1.165) is 68.3 Å². The molecule has 0 aliphatic carbocycles. The molecule has 0 radical (unpaired) electrons. The predicted octanol–water partition coefficient (Wildman–Crippen LogP) is 15.0. The van der Waals surface area contributed by atoms with Gasteiger partial charge in [0.05, 0.1) is 54.3 Å². The molecule has 6 aromatic carbocycles. The molecule has 0 saturated carbocycles. The van der Waals surface area contributed by atoms with Crippen LogP contribution in [0.2, 0.25) is 0 Å². The number of pyridine rings is 3. The maximum atomic E-state index is 14.3. The zero-order valence-corrected chi connectivity index (χ0v) is 45.8. The molecule has 16 heteroatoms. The summed E-state index contributed by atoms with van der Waals surface area (Å²) in [5.74, 6) is -4.26. The predicted molar refractivity (Wildman–Crippen MR) is 296 cm³/mol. The van der Waals surface area contributed by atoms with E-state index >= 15 is 0 Å². The van der Waals surface area contributed by atoms with Crippen LogP contribution in [-0.4, -0.2) is 52.7 Å². The summed E-state index contributed by atoms with van der Waals surface area (Å²) in [4.78, 5) is 48.4. The van der Waals surface area contributed by atoms with Crippen molar-refractivity contribution in [1.29, 1.82) is 0 Å². The van der Waals surface area contributed by atoms with Crippen LogP contribution in [-0.2, 0) is 48.7 Å². The summed E-state index contributed by atoms with van der Waals surface area (Å²) in [6, 6.07) is 52.7. The number of furan rings is 3. The zero-order valence-electron chi connectivity index (χ0n) is 43.4. The van der Waals surface area contributed by atoms with Crippen LogP contribution in [0.15, 0.2) is 159 Å². The van der Waals surface area contributed by atoms with Gasteiger partial charge in [-0.25, -0.2) is 0 Å². The van der Waals surface area contributed by atoms with Gasteiger partial charge in [-0.1, -0.05) is 106 Å². The number of hydrogen-bond acceptors (Lipinski definition) is 12. The fraction of sp³-hybridized carbons (Fsp3) is 0.182. The number of hydrogen-bond donors (Lipinski definition) is 0. The molecular weight excluding hydrogens is 1230 g/mol. The SMILES string of the molecule is O=C1OCCCC1c1cc(F)nc(-c2[c-]ccc3c2oc2ccccc23)c1.O=C1OCCCC1c1cc(F)nc(-c2[c-]ccc3c2oc2ccccc23)c1.O=C1OCCCC1c1cc(F)nc(-c2[c-]ccc3c2oc2ccccc23)c1.[Ir+3]. The molecule has 408 valence electrons. The fourth-order valence-electron chi connectivity index (χ4n) is 11.1. The number of para-hydroxylation sites is 3. The van der Waals surface area contributed by atoms with E-state index in [9.17, 15) is 27.6 Å². The number of rotatable bonds is 6. The number of cyclic esters (lactones) is 3. The Morgan fingerprint density at radius 2 is 0.683 bits per heavy atom. The first-order valence-corrected chi connectivity index (χ1v) is 26.6. The Labute approximate surface area is 479 Å². The Morgan fingerprint density at radius 3 is 0.976 bits per heavy atom. The van der Waals surface area contributed by atoms with Gasteiger partial charge in [-0.05, 0) is 109 Å². The summed E-state index contributed by atoms with van der Waals surface area (Å²) in [6.45, 7) is 1.26. The fourth-order valence-corrected chi connectivity index (χ4v) is 11.1. The molecule has 3 fully saturated rings. The maximum absolute atomic E-state index is 14.3. The average molecular weight is 1270 g/mol. The summed E-state index contributed by atoms with van der Waals surface area (Å²) in [7, 11) is 0. The molecule has 3 unspecified atom stereocenters. The van der Waals surface area contributed by atoms with E-state index in [-0.39, 0.29) is 38.0 Å². The van der Waals surface area contributed by atoms with E-state index in [1.807, 2.05) is 91.0 Å². The number of fused-ring (bicyclic) bond motifs is 9. The van der Waals surface area contributed by atoms with Crippen LogP contribution in [0.25, 0.3) is 99.6 Å². The first-order valence-electron chi connectivity index (χ1n) is 26.6. The van der Waals surface area contributed by atoms with Crippen molar-refractivity contribution in [3.05, 3.63) is 198 Å². The summed E-state index contributed by atoms with van der Waals surface area (Å²) >= 11 is 0. The molecule has 12 aromatic rings. The van der Waals surface area contributed by atoms with Crippen molar-refractivity contribution in [3.63, 3.8) is 0 Å². The van der Waals surface area contributed by atoms with Crippen LogP contribution in [0, 0.1) is 36.0 Å². The molecule has 0 N–H and O–H groups in total. The molecule has 3 saturated heterocycles. The third-order valence-electron chi connectivity index (χ3n) is 14.9. The van der Waals surface area contributed by atoms with E-state index in [4.69, 9.17) is 27.5 Å². The number of esters is 3. The minimum Gasteiger partial charge on any atom is -0.501 e. The van der Waals surface area contributed by atoms with Gasteiger partial charge in [0.1, 0.15) is 16.7 Å². The normalized spacial score (nSPS) is 17.2. The van der Waals surface area contributed by atoms with Crippen molar-refractivity contribution in [2.45, 2.75) is 56.3 Å². The van der Waals surface area contributed by atoms with Crippen molar-refractivity contribution in [1.82, 2.24) is 15.0 Å². The molecule has 12 nitrogen and oxygen atoms in total. The van der Waals surface area contributed by atoms with Crippen LogP contribution in [0.3, 0.4) is 0 Å². The third-order valence-corrected chi connectivity index (χ3v) is 14.9. The second-order valence-electron chi connectivity index (χ2n) is 20.0. The van der Waals surface area contributed by atoms with Gasteiger partial charge in [0.25, 0.3) is 0 Å². The standard InChI is InChI=1S/3C22H15FNO3.Ir/c3*23-20-12-13(14-8-4-10-26-22(14)25)11-18(24-20)17-7-3-6-16-15-5-1-2-9-19(15)27-21(16)17;/h3*1-3,5-6,9,11-12,14H,4,8,10H2;/q3*-1;+3. The van der Waals surface area contributed by atoms with Gasteiger partial charge in [0.15, 0.2) is 0 Å². The van der Waals surface area contributed by atoms with Gasteiger partial charge in [0.2, 0.25) is 17.8 Å². The zero-order chi connectivity index (χ0) is 55.1. The van der Waals surface area contributed by atoms with Crippen LogP contribution < -0.4 is 0 Å². The van der Waals surface area contributed by atoms with Crippen LogP contribution in [0.4, 0.5) is 13.2 Å². The largest absolute Gasteiger partial charge is 3.00 e. The Kier molecular flexibility index (Phi) is 15.0. The Hall–Kier alpha value is -8.98. The van der Waals surface area contributed by atoms with Crippen molar-refractivity contribution in [2.24, 2.45) is 0 Å². The summed E-state index contributed by atoms with van der Waals surface area (Å²) < 4.78 is 76.3. The molecule has 3 atom stereocenters. The summed E-state index contributed by atoms with van der Waals surface area (Å²) in [6.07, 6.45) is 4.21. The molecule has 0 bridgehead atoms. The number of benzene rings is 6. The summed E-state index contributed by atoms with van der Waals surface area (Å²) in [5.41, 5.74) is 8.71. The number of carbonyl (C=O) groups excluding carboxylic acids is 3. The number of carbonyl (C=O) groups is 3. The van der Waals surface area contributed by atoms with Crippen LogP contribution in [0.1, 0.15) is 73.0 Å². The number of ether oxygens (including phenoxy) is 3. The van der Waals surface area contributed by atoms with E-state index in [1.54, 1.807) is 36.4 Å².